The third kappa shape index (κ3) is 6.11. The first-order valence-electron chi connectivity index (χ1n) is 7.90. The number of amides is 1. The molecule has 1 amide bonds. The monoisotopic (exact) mass is 578 g/mol. The number of halogens is 2. The molecule has 5 nitrogen and oxygen atoms in total. The van der Waals surface area contributed by atoms with Crippen LogP contribution < -0.4 is 10.2 Å². The number of ether oxygens (including phenoxy) is 1. The second-order valence-electron chi connectivity index (χ2n) is 6.69. The van der Waals surface area contributed by atoms with Crippen LogP contribution in [-0.4, -0.2) is 23.8 Å². The van der Waals surface area contributed by atoms with Gasteiger partial charge in [-0.05, 0) is 86.0 Å². The third-order valence-electron chi connectivity index (χ3n) is 3.53. The molecule has 2 aromatic carbocycles. The minimum Gasteiger partial charge on any atom is -0.506 e. The van der Waals surface area contributed by atoms with E-state index in [1.54, 1.807) is 12.1 Å². The highest BCUT2D eigenvalue weighted by Gasteiger charge is 2.13. The molecule has 2 N–H and O–H groups in total. The van der Waals surface area contributed by atoms with Crippen molar-refractivity contribution < 1.29 is 14.6 Å². The standard InChI is InChI=1S/C19H20I2N2O3/c1-19(2,3)13-4-6-14(7-5-13)26-11-17(24)23-22-10-12-8-15(20)18(25)16(21)9-12/h4-10,25H,11H2,1-3H3,(H,23,24)/b22-10-. The third-order valence-corrected chi connectivity index (χ3v) is 5.18. The summed E-state index contributed by atoms with van der Waals surface area (Å²) in [5.41, 5.74) is 4.50. The molecule has 7 heteroatoms. The van der Waals surface area contributed by atoms with Gasteiger partial charge in [0.25, 0.3) is 5.91 Å². The van der Waals surface area contributed by atoms with Crippen LogP contribution in [0.25, 0.3) is 0 Å². The number of phenols is 1. The normalized spacial score (nSPS) is 11.6. The summed E-state index contributed by atoms with van der Waals surface area (Å²) in [7, 11) is 0. The van der Waals surface area contributed by atoms with Crippen molar-refractivity contribution >= 4 is 57.3 Å². The van der Waals surface area contributed by atoms with Gasteiger partial charge in [-0.25, -0.2) is 5.43 Å². The second kappa shape index (κ2) is 9.03. The zero-order chi connectivity index (χ0) is 19.3. The Kier molecular flexibility index (Phi) is 7.27. The molecule has 0 radical (unpaired) electrons. The average Bonchev–Trinajstić information content (AvgIpc) is 2.57. The predicted octanol–water partition coefficient (Wildman–Crippen LogP) is 4.43. The van der Waals surface area contributed by atoms with E-state index in [1.807, 2.05) is 69.4 Å². The first-order valence-corrected chi connectivity index (χ1v) is 10.1. The maximum Gasteiger partial charge on any atom is 0.277 e. The molecular weight excluding hydrogens is 558 g/mol. The summed E-state index contributed by atoms with van der Waals surface area (Å²) in [4.78, 5) is 11.8. The van der Waals surface area contributed by atoms with Gasteiger partial charge >= 0.3 is 0 Å². The lowest BCUT2D eigenvalue weighted by Crippen LogP contribution is -2.24. The summed E-state index contributed by atoms with van der Waals surface area (Å²) in [5.74, 6) is 0.544. The van der Waals surface area contributed by atoms with Gasteiger partial charge in [0.15, 0.2) is 6.61 Å². The van der Waals surface area contributed by atoms with E-state index in [0.29, 0.717) is 5.75 Å². The van der Waals surface area contributed by atoms with E-state index in [4.69, 9.17) is 4.74 Å². The number of rotatable bonds is 5. The van der Waals surface area contributed by atoms with Crippen molar-refractivity contribution in [2.75, 3.05) is 6.61 Å². The fraction of sp³-hybridized carbons (Fsp3) is 0.263. The summed E-state index contributed by atoms with van der Waals surface area (Å²) in [6, 6.07) is 11.3. The molecule has 0 spiro atoms. The molecule has 0 aliphatic rings. The number of aromatic hydroxyl groups is 1. The number of nitrogens with zero attached hydrogens (tertiary/aromatic N) is 1. The van der Waals surface area contributed by atoms with E-state index < -0.39 is 0 Å². The number of nitrogens with one attached hydrogen (secondary N) is 1. The van der Waals surface area contributed by atoms with Gasteiger partial charge in [-0.1, -0.05) is 32.9 Å². The van der Waals surface area contributed by atoms with E-state index in [-0.39, 0.29) is 23.7 Å². The highest BCUT2D eigenvalue weighted by Crippen LogP contribution is 2.27. The van der Waals surface area contributed by atoms with Crippen LogP contribution in [-0.2, 0) is 10.2 Å². The van der Waals surface area contributed by atoms with E-state index in [0.717, 1.165) is 12.7 Å². The Hall–Kier alpha value is -1.36. The highest BCUT2D eigenvalue weighted by molar-refractivity contribution is 14.1. The Morgan fingerprint density at radius 2 is 1.77 bits per heavy atom. The van der Waals surface area contributed by atoms with Crippen molar-refractivity contribution in [3.63, 3.8) is 0 Å². The lowest BCUT2D eigenvalue weighted by molar-refractivity contribution is -0.123. The summed E-state index contributed by atoms with van der Waals surface area (Å²) in [6.45, 7) is 6.32. The van der Waals surface area contributed by atoms with Crippen LogP contribution in [0.3, 0.4) is 0 Å². The largest absolute Gasteiger partial charge is 0.506 e. The van der Waals surface area contributed by atoms with E-state index >= 15 is 0 Å². The van der Waals surface area contributed by atoms with Crippen molar-refractivity contribution in [2.24, 2.45) is 5.10 Å². The Morgan fingerprint density at radius 3 is 2.31 bits per heavy atom. The first kappa shape index (κ1) is 20.9. The minimum atomic E-state index is -0.343. The Morgan fingerprint density at radius 1 is 1.19 bits per heavy atom. The van der Waals surface area contributed by atoms with Gasteiger partial charge in [-0.2, -0.15) is 5.10 Å². The van der Waals surface area contributed by atoms with Gasteiger partial charge in [0, 0.05) is 0 Å². The lowest BCUT2D eigenvalue weighted by atomic mass is 9.87. The van der Waals surface area contributed by atoms with Crippen LogP contribution >= 0.6 is 45.2 Å². The predicted molar refractivity (Wildman–Crippen MR) is 120 cm³/mol. The number of hydrogen-bond donors (Lipinski definition) is 2. The summed E-state index contributed by atoms with van der Waals surface area (Å²) in [6.07, 6.45) is 1.53. The van der Waals surface area contributed by atoms with Crippen molar-refractivity contribution in [1.82, 2.24) is 5.43 Å². The van der Waals surface area contributed by atoms with E-state index in [2.05, 4.69) is 31.3 Å². The van der Waals surface area contributed by atoms with Gasteiger partial charge in [0.05, 0.1) is 13.4 Å². The maximum atomic E-state index is 11.8. The molecule has 0 atom stereocenters. The van der Waals surface area contributed by atoms with Gasteiger partial charge in [0.2, 0.25) is 0 Å². The van der Waals surface area contributed by atoms with Crippen LogP contribution in [0, 0.1) is 7.14 Å². The van der Waals surface area contributed by atoms with Crippen LogP contribution in [0.15, 0.2) is 41.5 Å². The summed E-state index contributed by atoms with van der Waals surface area (Å²) in [5, 5.41) is 13.7. The van der Waals surface area contributed by atoms with Gasteiger partial charge in [-0.15, -0.1) is 0 Å². The van der Waals surface area contributed by atoms with E-state index in [9.17, 15) is 9.90 Å². The quantitative estimate of drug-likeness (QED) is 0.314. The molecule has 0 fully saturated rings. The molecule has 0 unspecified atom stereocenters. The van der Waals surface area contributed by atoms with E-state index in [1.165, 1.54) is 11.8 Å². The molecule has 0 saturated heterocycles. The van der Waals surface area contributed by atoms with Crippen molar-refractivity contribution in [1.29, 1.82) is 0 Å². The molecule has 26 heavy (non-hydrogen) atoms. The highest BCUT2D eigenvalue weighted by atomic mass is 127. The fourth-order valence-corrected chi connectivity index (χ4v) is 3.89. The van der Waals surface area contributed by atoms with Crippen LogP contribution in [0.1, 0.15) is 31.9 Å². The number of hydrogen-bond acceptors (Lipinski definition) is 4. The summed E-state index contributed by atoms with van der Waals surface area (Å²) < 4.78 is 6.92. The molecule has 0 aliphatic carbocycles. The molecule has 2 aromatic rings. The molecule has 0 heterocycles. The fourth-order valence-electron chi connectivity index (χ4n) is 2.07. The van der Waals surface area contributed by atoms with Gasteiger partial charge in [0.1, 0.15) is 11.5 Å². The maximum absolute atomic E-state index is 11.8. The molecule has 0 saturated carbocycles. The average molecular weight is 578 g/mol. The number of hydrazone groups is 1. The molecule has 0 aliphatic heterocycles. The van der Waals surface area contributed by atoms with Crippen molar-refractivity contribution in [3.8, 4) is 11.5 Å². The van der Waals surface area contributed by atoms with Gasteiger partial charge in [-0.3, -0.25) is 4.79 Å². The van der Waals surface area contributed by atoms with Crippen molar-refractivity contribution in [3.05, 3.63) is 54.7 Å². The molecule has 138 valence electrons. The second-order valence-corrected chi connectivity index (χ2v) is 9.01. The van der Waals surface area contributed by atoms with Crippen LogP contribution in [0.4, 0.5) is 0 Å². The molecule has 0 bridgehead atoms. The zero-order valence-electron chi connectivity index (χ0n) is 14.7. The number of benzene rings is 2. The number of phenolic OH excluding ortho intramolecular Hbond substituents is 1. The van der Waals surface area contributed by atoms with Crippen molar-refractivity contribution in [2.45, 2.75) is 26.2 Å². The minimum absolute atomic E-state index is 0.0779. The number of carbonyl (C=O) groups excluding carboxylic acids is 1. The SMILES string of the molecule is CC(C)(C)c1ccc(OCC(=O)N/N=C\c2cc(I)c(O)c(I)c2)cc1. The molecular formula is C19H20I2N2O3. The smallest absolute Gasteiger partial charge is 0.277 e. The Labute approximate surface area is 180 Å². The Balaban J connectivity index is 1.85. The first-order chi connectivity index (χ1) is 12.2. The van der Waals surface area contributed by atoms with Crippen LogP contribution in [0.5, 0.6) is 11.5 Å². The zero-order valence-corrected chi connectivity index (χ0v) is 19.0. The topological polar surface area (TPSA) is 70.9 Å². The molecule has 0 aromatic heterocycles. The molecule has 2 rings (SSSR count). The summed E-state index contributed by atoms with van der Waals surface area (Å²) >= 11 is 4.09. The van der Waals surface area contributed by atoms with Gasteiger partial charge < -0.3 is 9.84 Å². The number of carbonyl (C=O) groups is 1. The Bertz CT molecular complexity index is 790. The lowest BCUT2D eigenvalue weighted by Gasteiger charge is -2.19. The van der Waals surface area contributed by atoms with Crippen LogP contribution in [0.2, 0.25) is 0 Å².